The van der Waals surface area contributed by atoms with Crippen LogP contribution >= 0.6 is 11.8 Å². The number of anilines is 1. The minimum atomic E-state index is -0.933. The lowest BCUT2D eigenvalue weighted by Gasteiger charge is -2.19. The number of para-hydroxylation sites is 1. The SMILES string of the molecule is CSCCC(C(=O)Nc1ccc2c(c1)ncn2C)n1c(=O)[nH]c2ccccc2c1=O. The molecule has 0 saturated carbocycles. The van der Waals surface area contributed by atoms with Gasteiger partial charge < -0.3 is 14.9 Å². The molecule has 9 heteroatoms. The Hall–Kier alpha value is -3.33. The molecule has 1 unspecified atom stereocenters. The van der Waals surface area contributed by atoms with Crippen LogP contribution in [0.5, 0.6) is 0 Å². The van der Waals surface area contributed by atoms with Gasteiger partial charge in [0.05, 0.1) is 28.3 Å². The van der Waals surface area contributed by atoms with Crippen LogP contribution in [0, 0.1) is 0 Å². The van der Waals surface area contributed by atoms with Gasteiger partial charge in [0, 0.05) is 12.7 Å². The fourth-order valence-electron chi connectivity index (χ4n) is 3.51. The Morgan fingerprint density at radius 1 is 1.23 bits per heavy atom. The second-order valence-electron chi connectivity index (χ2n) is 7.00. The summed E-state index contributed by atoms with van der Waals surface area (Å²) in [5, 5.41) is 3.21. The van der Waals surface area contributed by atoms with Crippen LogP contribution in [-0.2, 0) is 11.8 Å². The number of carbonyl (C=O) groups excluding carboxylic acids is 1. The molecule has 1 atom stereocenters. The number of aromatic nitrogens is 4. The van der Waals surface area contributed by atoms with Crippen molar-refractivity contribution in [3.63, 3.8) is 0 Å². The predicted octanol–water partition coefficient (Wildman–Crippen LogP) is 2.51. The number of carbonyl (C=O) groups is 1. The highest BCUT2D eigenvalue weighted by atomic mass is 32.2. The van der Waals surface area contributed by atoms with Crippen LogP contribution in [-0.4, -0.2) is 37.0 Å². The van der Waals surface area contributed by atoms with E-state index in [2.05, 4.69) is 15.3 Å². The van der Waals surface area contributed by atoms with E-state index in [0.717, 1.165) is 15.6 Å². The first-order valence-corrected chi connectivity index (χ1v) is 10.8. The van der Waals surface area contributed by atoms with Crippen LogP contribution < -0.4 is 16.6 Å². The molecule has 4 aromatic rings. The number of rotatable bonds is 6. The Morgan fingerprint density at radius 3 is 2.83 bits per heavy atom. The van der Waals surface area contributed by atoms with Gasteiger partial charge >= 0.3 is 5.69 Å². The van der Waals surface area contributed by atoms with Crippen molar-refractivity contribution in [2.75, 3.05) is 17.3 Å². The maximum Gasteiger partial charge on any atom is 0.329 e. The second kappa shape index (κ2) is 8.19. The highest BCUT2D eigenvalue weighted by Crippen LogP contribution is 2.20. The van der Waals surface area contributed by atoms with Crippen molar-refractivity contribution < 1.29 is 4.79 Å². The van der Waals surface area contributed by atoms with Gasteiger partial charge in [-0.2, -0.15) is 11.8 Å². The van der Waals surface area contributed by atoms with Crippen LogP contribution in [0.25, 0.3) is 21.9 Å². The lowest BCUT2D eigenvalue weighted by atomic mass is 10.1. The number of fused-ring (bicyclic) bond motifs is 2. The van der Waals surface area contributed by atoms with Gasteiger partial charge in [0.25, 0.3) is 5.56 Å². The van der Waals surface area contributed by atoms with Crippen molar-refractivity contribution in [2.24, 2.45) is 7.05 Å². The first-order chi connectivity index (χ1) is 14.5. The third-order valence-electron chi connectivity index (χ3n) is 5.04. The van der Waals surface area contributed by atoms with E-state index in [1.807, 2.05) is 23.9 Å². The Kier molecular flexibility index (Phi) is 5.45. The zero-order valence-electron chi connectivity index (χ0n) is 16.6. The van der Waals surface area contributed by atoms with E-state index < -0.39 is 23.2 Å². The molecule has 1 amide bonds. The fourth-order valence-corrected chi connectivity index (χ4v) is 3.96. The first-order valence-electron chi connectivity index (χ1n) is 9.44. The number of nitrogens with one attached hydrogen (secondary N) is 2. The Labute approximate surface area is 175 Å². The molecular weight excluding hydrogens is 402 g/mol. The largest absolute Gasteiger partial charge is 0.334 e. The highest BCUT2D eigenvalue weighted by molar-refractivity contribution is 7.98. The summed E-state index contributed by atoms with van der Waals surface area (Å²) in [5.74, 6) is 0.206. The van der Waals surface area contributed by atoms with Gasteiger partial charge in [-0.3, -0.25) is 9.59 Å². The van der Waals surface area contributed by atoms with E-state index in [4.69, 9.17) is 0 Å². The molecule has 0 aliphatic rings. The molecule has 154 valence electrons. The summed E-state index contributed by atoms with van der Waals surface area (Å²) in [6.45, 7) is 0. The lowest BCUT2D eigenvalue weighted by molar-refractivity contribution is -0.119. The van der Waals surface area contributed by atoms with E-state index in [1.54, 1.807) is 54.5 Å². The molecule has 0 aliphatic carbocycles. The lowest BCUT2D eigenvalue weighted by Crippen LogP contribution is -2.43. The van der Waals surface area contributed by atoms with Gasteiger partial charge in [-0.05, 0) is 48.8 Å². The van der Waals surface area contributed by atoms with E-state index in [1.165, 1.54) is 0 Å². The average molecular weight is 423 g/mol. The molecule has 4 rings (SSSR count). The summed E-state index contributed by atoms with van der Waals surface area (Å²) in [6.07, 6.45) is 3.96. The van der Waals surface area contributed by atoms with Gasteiger partial charge in [0.1, 0.15) is 6.04 Å². The number of imidazole rings is 1. The van der Waals surface area contributed by atoms with E-state index in [9.17, 15) is 14.4 Å². The number of hydrogen-bond donors (Lipinski definition) is 2. The zero-order valence-corrected chi connectivity index (χ0v) is 17.4. The van der Waals surface area contributed by atoms with Crippen molar-refractivity contribution in [1.29, 1.82) is 0 Å². The number of hydrogen-bond acceptors (Lipinski definition) is 5. The van der Waals surface area contributed by atoms with Crippen molar-refractivity contribution in [2.45, 2.75) is 12.5 Å². The monoisotopic (exact) mass is 423 g/mol. The molecule has 0 bridgehead atoms. The summed E-state index contributed by atoms with van der Waals surface area (Å²) >= 11 is 1.55. The molecule has 2 heterocycles. The molecule has 2 aromatic heterocycles. The standard InChI is InChI=1S/C21H21N5O3S/c1-25-12-22-16-11-13(7-8-17(16)25)23-19(27)18(9-10-30-2)26-20(28)14-5-3-4-6-15(14)24-21(26)29/h3-8,11-12,18H,9-10H2,1-2H3,(H,23,27)(H,24,29). The molecule has 30 heavy (non-hydrogen) atoms. The van der Waals surface area contributed by atoms with Crippen molar-refractivity contribution in [3.05, 3.63) is 69.6 Å². The molecule has 8 nitrogen and oxygen atoms in total. The normalized spacial score (nSPS) is 12.3. The van der Waals surface area contributed by atoms with Crippen LogP contribution in [0.1, 0.15) is 12.5 Å². The smallest absolute Gasteiger partial charge is 0.329 e. The number of H-pyrrole nitrogens is 1. The van der Waals surface area contributed by atoms with Gasteiger partial charge in [-0.25, -0.2) is 14.3 Å². The average Bonchev–Trinajstić information content (AvgIpc) is 3.10. The van der Waals surface area contributed by atoms with Crippen LogP contribution in [0.15, 0.2) is 58.4 Å². The zero-order chi connectivity index (χ0) is 21.3. The van der Waals surface area contributed by atoms with Crippen LogP contribution in [0.2, 0.25) is 0 Å². The number of benzene rings is 2. The molecule has 0 fully saturated rings. The molecule has 0 aliphatic heterocycles. The molecule has 2 N–H and O–H groups in total. The van der Waals surface area contributed by atoms with Gasteiger partial charge in [-0.15, -0.1) is 0 Å². The van der Waals surface area contributed by atoms with Gasteiger partial charge in [0.15, 0.2) is 0 Å². The van der Waals surface area contributed by atoms with Crippen molar-refractivity contribution >= 4 is 45.3 Å². The Balaban J connectivity index is 1.73. The maximum atomic E-state index is 13.1. The Bertz CT molecular complexity index is 1350. The Morgan fingerprint density at radius 2 is 2.03 bits per heavy atom. The van der Waals surface area contributed by atoms with Gasteiger partial charge in [0.2, 0.25) is 5.91 Å². The van der Waals surface area contributed by atoms with E-state index in [-0.39, 0.29) is 0 Å². The molecule has 0 radical (unpaired) electrons. The molecule has 0 saturated heterocycles. The first kappa shape index (κ1) is 20.0. The molecule has 0 spiro atoms. The van der Waals surface area contributed by atoms with E-state index in [0.29, 0.717) is 28.8 Å². The second-order valence-corrected chi connectivity index (χ2v) is 7.98. The number of nitrogens with zero attached hydrogens (tertiary/aromatic N) is 3. The minimum Gasteiger partial charge on any atom is -0.334 e. The number of thioether (sulfide) groups is 1. The van der Waals surface area contributed by atoms with Crippen LogP contribution in [0.3, 0.4) is 0 Å². The molecule has 2 aromatic carbocycles. The van der Waals surface area contributed by atoms with Crippen molar-refractivity contribution in [3.8, 4) is 0 Å². The van der Waals surface area contributed by atoms with Gasteiger partial charge in [-0.1, -0.05) is 12.1 Å². The predicted molar refractivity (Wildman–Crippen MR) is 120 cm³/mol. The molecular formula is C21H21N5O3S. The fraction of sp³-hybridized carbons (Fsp3) is 0.238. The van der Waals surface area contributed by atoms with Crippen LogP contribution in [0.4, 0.5) is 5.69 Å². The third-order valence-corrected chi connectivity index (χ3v) is 5.68. The summed E-state index contributed by atoms with van der Waals surface area (Å²) in [5.41, 5.74) is 1.63. The number of aromatic amines is 1. The number of aryl methyl sites for hydroxylation is 1. The maximum absolute atomic E-state index is 13.1. The highest BCUT2D eigenvalue weighted by Gasteiger charge is 2.25. The topological polar surface area (TPSA) is 102 Å². The van der Waals surface area contributed by atoms with E-state index >= 15 is 0 Å². The summed E-state index contributed by atoms with van der Waals surface area (Å²) in [4.78, 5) is 45.9. The summed E-state index contributed by atoms with van der Waals surface area (Å²) in [6, 6.07) is 11.3. The minimum absolute atomic E-state index is 0.347. The summed E-state index contributed by atoms with van der Waals surface area (Å²) < 4.78 is 2.91. The number of amides is 1. The third kappa shape index (κ3) is 3.63. The quantitative estimate of drug-likeness (QED) is 0.496. The van der Waals surface area contributed by atoms with Crippen molar-refractivity contribution in [1.82, 2.24) is 19.1 Å². The summed E-state index contributed by atoms with van der Waals surface area (Å²) in [7, 11) is 1.89.